The third-order valence-corrected chi connectivity index (χ3v) is 29.6. The fourth-order valence-electron chi connectivity index (χ4n) is 7.73. The molecule has 1 nitrogen and oxygen atoms in total. The predicted molar refractivity (Wildman–Crippen MR) is 184 cm³/mol. The lowest BCUT2D eigenvalue weighted by atomic mass is 9.91. The zero-order chi connectivity index (χ0) is 35.2. The highest BCUT2D eigenvalue weighted by molar-refractivity contribution is 6.85. The van der Waals surface area contributed by atoms with Gasteiger partial charge < -0.3 is 4.43 Å². The maximum absolute atomic E-state index is 16.6. The van der Waals surface area contributed by atoms with Gasteiger partial charge in [0.05, 0.1) is 43.8 Å². The summed E-state index contributed by atoms with van der Waals surface area (Å²) in [6.07, 6.45) is 0. The van der Waals surface area contributed by atoms with Crippen LogP contribution in [-0.4, -0.2) is 24.5 Å². The van der Waals surface area contributed by atoms with Gasteiger partial charge in [-0.2, -0.15) is 0 Å². The third-order valence-electron chi connectivity index (χ3n) is 12.0. The first kappa shape index (κ1) is 37.6. The first-order chi connectivity index (χ1) is 22.1. The zero-order valence-electron chi connectivity index (χ0n) is 28.6. The van der Waals surface area contributed by atoms with Crippen LogP contribution in [0.4, 0.5) is 35.1 Å². The molecule has 0 spiro atoms. The molecule has 4 aromatic rings. The number of rotatable bonds is 15. The standard InChI is InChI=1S/C35H45F8OSi3/c1-9-45(10-2,11-3)15-17-47(20(7)8,18-16-46(12-4,13-5)14-6)44-35-33(42)27-26-25-23(29(38)31(27)40)21(36)19-22(37)24(25)30(39)32(41)28(26)34(35)43/h20H,9-18H2,1-8H3. The Labute approximate surface area is 275 Å². The minimum atomic E-state index is -3.23. The van der Waals surface area contributed by atoms with E-state index in [0.717, 1.165) is 48.4 Å². The molecule has 0 atom stereocenters. The van der Waals surface area contributed by atoms with Crippen molar-refractivity contribution in [3.8, 4) is 5.75 Å². The topological polar surface area (TPSA) is 9.23 Å². The van der Waals surface area contributed by atoms with E-state index in [-0.39, 0.29) is 5.54 Å². The van der Waals surface area contributed by atoms with E-state index in [1.807, 2.05) is 13.8 Å². The lowest BCUT2D eigenvalue weighted by Gasteiger charge is -2.41. The molecule has 0 bridgehead atoms. The molecule has 0 aliphatic rings. The van der Waals surface area contributed by atoms with E-state index in [1.165, 1.54) is 6.07 Å². The molecule has 0 aromatic heterocycles. The fraction of sp³-hybridized carbons (Fsp3) is 0.543. The predicted octanol–water partition coefficient (Wildman–Crippen LogP) is 13.2. The summed E-state index contributed by atoms with van der Waals surface area (Å²) in [4.78, 5) is 0. The molecule has 4 rings (SSSR count). The molecule has 0 unspecified atom stereocenters. The van der Waals surface area contributed by atoms with E-state index in [1.54, 1.807) is 0 Å². The molecular formula is C35H45F8OSi3. The average molecular weight is 718 g/mol. The summed E-state index contributed by atoms with van der Waals surface area (Å²) < 4.78 is 132. The van der Waals surface area contributed by atoms with Gasteiger partial charge in [-0.15, -0.1) is 0 Å². The molecule has 0 saturated carbocycles. The molecule has 12 heteroatoms. The molecule has 0 fully saturated rings. The van der Waals surface area contributed by atoms with E-state index in [9.17, 15) is 8.78 Å². The Balaban J connectivity index is 2.08. The van der Waals surface area contributed by atoms with Gasteiger partial charge in [0, 0.05) is 10.8 Å². The Kier molecular flexibility index (Phi) is 11.2. The first-order valence-corrected chi connectivity index (χ1v) is 24.9. The van der Waals surface area contributed by atoms with E-state index < -0.39 is 109 Å². The van der Waals surface area contributed by atoms with Crippen LogP contribution in [0.1, 0.15) is 55.4 Å². The smallest absolute Gasteiger partial charge is 0.253 e. The minimum absolute atomic E-state index is 0.177. The van der Waals surface area contributed by atoms with Crippen molar-refractivity contribution in [3.63, 3.8) is 0 Å². The molecule has 47 heavy (non-hydrogen) atoms. The Morgan fingerprint density at radius 1 is 0.468 bits per heavy atom. The van der Waals surface area contributed by atoms with E-state index in [0.29, 0.717) is 12.1 Å². The Morgan fingerprint density at radius 2 is 0.787 bits per heavy atom. The monoisotopic (exact) mass is 717 g/mol. The van der Waals surface area contributed by atoms with Crippen LogP contribution in [0.2, 0.25) is 66.0 Å². The van der Waals surface area contributed by atoms with Crippen molar-refractivity contribution in [2.75, 3.05) is 0 Å². The van der Waals surface area contributed by atoms with Gasteiger partial charge >= 0.3 is 0 Å². The second-order valence-corrected chi connectivity index (χ2v) is 29.4. The van der Waals surface area contributed by atoms with Crippen LogP contribution < -0.4 is 4.43 Å². The van der Waals surface area contributed by atoms with Gasteiger partial charge in [0.1, 0.15) is 11.6 Å². The highest BCUT2D eigenvalue weighted by Crippen LogP contribution is 2.49. The van der Waals surface area contributed by atoms with Crippen molar-refractivity contribution in [3.05, 3.63) is 52.6 Å². The average Bonchev–Trinajstić information content (AvgIpc) is 3.05. The molecule has 0 amide bonds. The van der Waals surface area contributed by atoms with Gasteiger partial charge in [0.25, 0.3) is 8.32 Å². The van der Waals surface area contributed by atoms with Crippen molar-refractivity contribution in [2.45, 2.75) is 121 Å². The lowest BCUT2D eigenvalue weighted by molar-refractivity contribution is 0.434. The van der Waals surface area contributed by atoms with Crippen LogP contribution in [0, 0.1) is 52.6 Å². The third kappa shape index (κ3) is 6.02. The van der Waals surface area contributed by atoms with Crippen LogP contribution in [-0.2, 0) is 0 Å². The van der Waals surface area contributed by atoms with Crippen molar-refractivity contribution in [1.29, 1.82) is 0 Å². The summed E-state index contributed by atoms with van der Waals surface area (Å²) in [6.45, 7) is 16.9. The molecule has 0 N–H and O–H groups in total. The van der Waals surface area contributed by atoms with E-state index in [4.69, 9.17) is 4.43 Å². The Hall–Kier alpha value is -2.19. The van der Waals surface area contributed by atoms with Gasteiger partial charge in [-0.05, 0) is 17.6 Å². The zero-order valence-corrected chi connectivity index (χ0v) is 31.6. The van der Waals surface area contributed by atoms with E-state index >= 15 is 26.3 Å². The number of hydrogen-bond donors (Lipinski definition) is 0. The SMILES string of the molecule is CC[Si](CC)(CC)CC[Si](CC[Si](CC)(CC)CC)(Oc1c(F)c2c(F)c(F)c3c(F)[c]c(F)c4c(F)c(F)c(c1F)c2c34)C(C)C. The number of benzene rings is 4. The van der Waals surface area contributed by atoms with Gasteiger partial charge in [0.15, 0.2) is 40.7 Å². The maximum atomic E-state index is 16.6. The van der Waals surface area contributed by atoms with E-state index in [2.05, 4.69) is 41.5 Å². The van der Waals surface area contributed by atoms with Crippen molar-refractivity contribution >= 4 is 56.8 Å². The van der Waals surface area contributed by atoms with Crippen LogP contribution in [0.15, 0.2) is 0 Å². The minimum Gasteiger partial charge on any atom is -0.539 e. The molecule has 0 saturated heterocycles. The van der Waals surface area contributed by atoms with Crippen molar-refractivity contribution < 1.29 is 39.5 Å². The summed E-state index contributed by atoms with van der Waals surface area (Å²) in [5, 5.41) is -6.99. The molecule has 0 heterocycles. The summed E-state index contributed by atoms with van der Waals surface area (Å²) in [5.74, 6) is -15.6. The summed E-state index contributed by atoms with van der Waals surface area (Å²) in [5.41, 5.74) is -0.177. The van der Waals surface area contributed by atoms with Gasteiger partial charge in [-0.1, -0.05) is 104 Å². The Morgan fingerprint density at radius 3 is 1.11 bits per heavy atom. The lowest BCUT2D eigenvalue weighted by Crippen LogP contribution is -2.49. The van der Waals surface area contributed by atoms with Gasteiger partial charge in [0.2, 0.25) is 0 Å². The summed E-state index contributed by atoms with van der Waals surface area (Å²) in [7, 11) is -6.77. The van der Waals surface area contributed by atoms with Crippen molar-refractivity contribution in [2.24, 2.45) is 0 Å². The van der Waals surface area contributed by atoms with Gasteiger partial charge in [-0.25, -0.2) is 35.1 Å². The van der Waals surface area contributed by atoms with Gasteiger partial charge in [-0.3, -0.25) is 0 Å². The quantitative estimate of drug-likeness (QED) is 0.0676. The summed E-state index contributed by atoms with van der Waals surface area (Å²) >= 11 is 0. The molecule has 0 aliphatic carbocycles. The second kappa shape index (κ2) is 14.0. The Bertz CT molecular complexity index is 1640. The molecule has 0 aliphatic heterocycles. The van der Waals surface area contributed by atoms with Crippen LogP contribution in [0.5, 0.6) is 5.75 Å². The number of halogens is 8. The maximum Gasteiger partial charge on any atom is 0.253 e. The number of hydrogen-bond acceptors (Lipinski definition) is 1. The molecular weight excluding hydrogens is 673 g/mol. The second-order valence-electron chi connectivity index (χ2n) is 13.7. The van der Waals surface area contributed by atoms with Crippen molar-refractivity contribution in [1.82, 2.24) is 0 Å². The normalized spacial score (nSPS) is 13.3. The summed E-state index contributed by atoms with van der Waals surface area (Å²) in [6, 6.07) is 10.4. The van der Waals surface area contributed by atoms with Crippen LogP contribution >= 0.6 is 0 Å². The molecule has 1 radical (unpaired) electrons. The molecule has 4 aromatic carbocycles. The van der Waals surface area contributed by atoms with Crippen LogP contribution in [0.3, 0.4) is 0 Å². The fourth-order valence-corrected chi connectivity index (χ4v) is 22.9. The highest BCUT2D eigenvalue weighted by atomic mass is 28.4. The van der Waals surface area contributed by atoms with Crippen LogP contribution in [0.25, 0.3) is 32.3 Å². The largest absolute Gasteiger partial charge is 0.539 e. The first-order valence-electron chi connectivity index (χ1n) is 16.9. The molecule has 259 valence electrons. The highest BCUT2D eigenvalue weighted by Gasteiger charge is 2.46.